The molecule has 1 heterocycles. The second-order valence-corrected chi connectivity index (χ2v) is 9.00. The van der Waals surface area contributed by atoms with Gasteiger partial charge in [0.25, 0.3) is 0 Å². The Morgan fingerprint density at radius 1 is 1.09 bits per heavy atom. The minimum atomic E-state index is -0.659. The van der Waals surface area contributed by atoms with Crippen LogP contribution in [0.2, 0.25) is 0 Å². The quantitative estimate of drug-likeness (QED) is 0.193. The lowest BCUT2D eigenvalue weighted by molar-refractivity contribution is 0.0918. The van der Waals surface area contributed by atoms with Crippen molar-refractivity contribution >= 4 is 11.5 Å². The average Bonchev–Trinajstić information content (AvgIpc) is 2.83. The van der Waals surface area contributed by atoms with Crippen LogP contribution in [0.1, 0.15) is 46.1 Å². The number of para-hydroxylation sites is 1. The van der Waals surface area contributed by atoms with E-state index in [9.17, 15) is 5.11 Å². The fraction of sp³-hybridized carbons (Fsp3) is 0.560. The van der Waals surface area contributed by atoms with Crippen LogP contribution in [0.5, 0.6) is 11.6 Å². The number of hydrogen-bond acceptors (Lipinski definition) is 9. The van der Waals surface area contributed by atoms with Gasteiger partial charge in [0.15, 0.2) is 5.82 Å². The number of ether oxygens (including phenoxy) is 3. The van der Waals surface area contributed by atoms with Gasteiger partial charge in [-0.2, -0.15) is 5.10 Å². The second kappa shape index (κ2) is 14.5. The molecule has 0 aliphatic carbocycles. The third kappa shape index (κ3) is 10.9. The van der Waals surface area contributed by atoms with Crippen molar-refractivity contribution in [1.82, 2.24) is 15.5 Å². The topological polar surface area (TPSA) is 110 Å². The van der Waals surface area contributed by atoms with E-state index in [0.717, 1.165) is 42.9 Å². The molecule has 0 aliphatic heterocycles. The molecule has 1 aromatic heterocycles. The summed E-state index contributed by atoms with van der Waals surface area (Å²) in [6, 6.07) is 11.5. The highest BCUT2D eigenvalue weighted by Gasteiger charge is 2.20. The molecule has 0 spiro atoms. The lowest BCUT2D eigenvalue weighted by atomic mass is 10.1. The maximum atomic E-state index is 10.4. The summed E-state index contributed by atoms with van der Waals surface area (Å²) in [6.45, 7) is 9.47. The third-order valence-corrected chi connectivity index (χ3v) is 4.88. The van der Waals surface area contributed by atoms with E-state index in [0.29, 0.717) is 24.8 Å². The van der Waals surface area contributed by atoms with Crippen LogP contribution in [0.15, 0.2) is 41.5 Å². The van der Waals surface area contributed by atoms with Crippen LogP contribution in [0.3, 0.4) is 0 Å². The van der Waals surface area contributed by atoms with Crippen LogP contribution in [0.25, 0.3) is 0 Å². The molecule has 9 nitrogen and oxygen atoms in total. The van der Waals surface area contributed by atoms with Crippen LogP contribution < -0.4 is 20.2 Å². The number of β-amino-alcohol motifs (C(OH)–C–C–N with tert-alkyl or cyclic N) is 1. The molecule has 0 saturated carbocycles. The van der Waals surface area contributed by atoms with Gasteiger partial charge in [-0.1, -0.05) is 18.2 Å². The Balaban J connectivity index is 1.73. The molecule has 0 radical (unpaired) electrons. The molecule has 9 heteroatoms. The van der Waals surface area contributed by atoms with E-state index >= 15 is 0 Å². The minimum absolute atomic E-state index is 0.207. The summed E-state index contributed by atoms with van der Waals surface area (Å²) in [5.41, 5.74) is 4.47. The molecule has 3 N–H and O–H groups in total. The maximum absolute atomic E-state index is 10.4. The number of unbranched alkanes of at least 4 members (excludes halogenated alkanes) is 1. The zero-order valence-electron chi connectivity index (χ0n) is 21.0. The minimum Gasteiger partial charge on any atom is -0.491 e. The lowest BCUT2D eigenvalue weighted by Gasteiger charge is -2.27. The van der Waals surface area contributed by atoms with Crippen molar-refractivity contribution in [2.75, 3.05) is 38.9 Å². The predicted octanol–water partition coefficient (Wildman–Crippen LogP) is 3.44. The molecule has 2 aromatic rings. The first-order valence-corrected chi connectivity index (χ1v) is 11.7. The van der Waals surface area contributed by atoms with E-state index in [1.54, 1.807) is 19.2 Å². The first-order valence-electron chi connectivity index (χ1n) is 11.7. The molecule has 34 heavy (non-hydrogen) atoms. The van der Waals surface area contributed by atoms with Crippen LogP contribution in [0.4, 0.5) is 5.82 Å². The molecule has 1 unspecified atom stereocenters. The van der Waals surface area contributed by atoms with Gasteiger partial charge in [0, 0.05) is 37.6 Å². The third-order valence-electron chi connectivity index (χ3n) is 4.88. The smallest absolute Gasteiger partial charge is 0.233 e. The van der Waals surface area contributed by atoms with Crippen molar-refractivity contribution in [2.45, 2.75) is 58.6 Å². The molecular weight excluding hydrogens is 434 g/mol. The number of nitrogens with zero attached hydrogens (tertiary/aromatic N) is 3. The monoisotopic (exact) mass is 473 g/mol. The summed E-state index contributed by atoms with van der Waals surface area (Å²) in [7, 11) is 1.72. The number of aromatic nitrogens is 2. The zero-order chi connectivity index (χ0) is 24.8. The van der Waals surface area contributed by atoms with E-state index in [4.69, 9.17) is 14.2 Å². The Morgan fingerprint density at radius 2 is 1.88 bits per heavy atom. The lowest BCUT2D eigenvalue weighted by Crippen LogP contribution is -2.48. The van der Waals surface area contributed by atoms with Gasteiger partial charge in [-0.3, -0.25) is 5.43 Å². The maximum Gasteiger partial charge on any atom is 0.233 e. The van der Waals surface area contributed by atoms with Crippen molar-refractivity contribution in [2.24, 2.45) is 5.10 Å². The summed E-state index contributed by atoms with van der Waals surface area (Å²) < 4.78 is 16.8. The fourth-order valence-corrected chi connectivity index (χ4v) is 2.98. The number of methoxy groups -OCH3 is 1. The standard InChI is InChI=1S/C25H39N5O4/c1-19(2)27-28-23-13-14-24(30-29-23)34-18-25(3,4)26-16-21(31)17-33-22-12-7-6-10-20(22)11-8-9-15-32-5/h6-7,10,12-14,21,26,31H,8-9,11,15-18H2,1-5H3,(H,28,29). The Bertz CT molecular complexity index is 870. The summed E-state index contributed by atoms with van der Waals surface area (Å²) in [5.74, 6) is 1.78. The zero-order valence-corrected chi connectivity index (χ0v) is 21.0. The van der Waals surface area contributed by atoms with E-state index < -0.39 is 6.10 Å². The van der Waals surface area contributed by atoms with Gasteiger partial charge >= 0.3 is 0 Å². The summed E-state index contributed by atoms with van der Waals surface area (Å²) in [6.07, 6.45) is 2.30. The van der Waals surface area contributed by atoms with Crippen molar-refractivity contribution in [3.63, 3.8) is 0 Å². The van der Waals surface area contributed by atoms with Crippen LogP contribution in [0, 0.1) is 0 Å². The average molecular weight is 474 g/mol. The van der Waals surface area contributed by atoms with E-state index in [1.165, 1.54) is 0 Å². The molecule has 0 aliphatic rings. The second-order valence-electron chi connectivity index (χ2n) is 9.00. The molecule has 188 valence electrons. The van der Waals surface area contributed by atoms with Crippen LogP contribution >= 0.6 is 0 Å². The molecular formula is C25H39N5O4. The molecule has 0 saturated heterocycles. The van der Waals surface area contributed by atoms with E-state index in [1.807, 2.05) is 45.9 Å². The van der Waals surface area contributed by atoms with Crippen LogP contribution in [-0.4, -0.2) is 66.1 Å². The molecule has 0 amide bonds. The number of nitrogens with one attached hydrogen (secondary N) is 2. The Kier molecular flexibility index (Phi) is 11.7. The highest BCUT2D eigenvalue weighted by Crippen LogP contribution is 2.20. The number of aliphatic hydroxyl groups excluding tert-OH is 1. The van der Waals surface area contributed by atoms with Gasteiger partial charge in [0.2, 0.25) is 5.88 Å². The summed E-state index contributed by atoms with van der Waals surface area (Å²) in [4.78, 5) is 0. The van der Waals surface area contributed by atoms with Gasteiger partial charge < -0.3 is 24.6 Å². The highest BCUT2D eigenvalue weighted by atomic mass is 16.5. The van der Waals surface area contributed by atoms with Crippen molar-refractivity contribution in [3.8, 4) is 11.6 Å². The van der Waals surface area contributed by atoms with Gasteiger partial charge in [0.05, 0.1) is 0 Å². The number of anilines is 1. The highest BCUT2D eigenvalue weighted by molar-refractivity contribution is 5.79. The van der Waals surface area contributed by atoms with Crippen molar-refractivity contribution < 1.29 is 19.3 Å². The predicted molar refractivity (Wildman–Crippen MR) is 135 cm³/mol. The Labute approximate surface area is 202 Å². The molecule has 0 bridgehead atoms. The molecule has 1 atom stereocenters. The van der Waals surface area contributed by atoms with E-state index in [2.05, 4.69) is 32.1 Å². The van der Waals surface area contributed by atoms with Crippen molar-refractivity contribution in [3.05, 3.63) is 42.0 Å². The van der Waals surface area contributed by atoms with E-state index in [-0.39, 0.29) is 12.1 Å². The first-order chi connectivity index (χ1) is 16.3. The number of rotatable bonds is 16. The van der Waals surface area contributed by atoms with Gasteiger partial charge in [-0.15, -0.1) is 10.2 Å². The normalized spacial score (nSPS) is 12.2. The molecule has 0 fully saturated rings. The molecule has 1 aromatic carbocycles. The number of benzene rings is 1. The number of aliphatic hydroxyl groups is 1. The largest absolute Gasteiger partial charge is 0.491 e. The van der Waals surface area contributed by atoms with Gasteiger partial charge in [0.1, 0.15) is 25.1 Å². The van der Waals surface area contributed by atoms with Crippen molar-refractivity contribution in [1.29, 1.82) is 0 Å². The summed E-state index contributed by atoms with van der Waals surface area (Å²) in [5, 5.41) is 25.9. The fourth-order valence-electron chi connectivity index (χ4n) is 2.98. The molecule has 2 rings (SSSR count). The SMILES string of the molecule is COCCCCc1ccccc1OCC(O)CNC(C)(C)COc1ccc(NN=C(C)C)nn1. The first kappa shape index (κ1) is 27.5. The number of hydrazone groups is 1. The summed E-state index contributed by atoms with van der Waals surface area (Å²) >= 11 is 0. The van der Waals surface area contributed by atoms with Crippen LogP contribution in [-0.2, 0) is 11.2 Å². The Hall–Kier alpha value is -2.75. The number of hydrogen-bond donors (Lipinski definition) is 3. The number of aryl methyl sites for hydroxylation is 1. The Morgan fingerprint density at radius 3 is 2.59 bits per heavy atom. The van der Waals surface area contributed by atoms with Gasteiger partial charge in [-0.25, -0.2) is 0 Å². The van der Waals surface area contributed by atoms with Gasteiger partial charge in [-0.05, 0) is 64.7 Å².